The first-order valence-electron chi connectivity index (χ1n) is 8.90. The Labute approximate surface area is 147 Å². The predicted molar refractivity (Wildman–Crippen MR) is 93.0 cm³/mol. The zero-order valence-electron chi connectivity index (χ0n) is 14.5. The van der Waals surface area contributed by atoms with Gasteiger partial charge in [0, 0.05) is 37.3 Å². The summed E-state index contributed by atoms with van der Waals surface area (Å²) in [5.74, 6) is 3.11. The fraction of sp³-hybridized carbons (Fsp3) is 0.556. The van der Waals surface area contributed by atoms with Gasteiger partial charge >= 0.3 is 0 Å². The van der Waals surface area contributed by atoms with E-state index >= 15 is 0 Å². The van der Waals surface area contributed by atoms with Crippen LogP contribution in [0.4, 0.5) is 5.95 Å². The molecular formula is C18H23N5O2. The van der Waals surface area contributed by atoms with E-state index in [0.29, 0.717) is 30.2 Å². The van der Waals surface area contributed by atoms with Crippen molar-refractivity contribution in [3.8, 4) is 11.8 Å². The minimum Gasteiger partial charge on any atom is -0.481 e. The molecule has 7 nitrogen and oxygen atoms in total. The van der Waals surface area contributed by atoms with E-state index in [9.17, 15) is 0 Å². The van der Waals surface area contributed by atoms with Gasteiger partial charge in [0.15, 0.2) is 0 Å². The van der Waals surface area contributed by atoms with Crippen molar-refractivity contribution >= 4 is 5.95 Å². The third kappa shape index (κ3) is 3.97. The SMILES string of the molecule is COc1ccnc(N2CCC(COc3ccc(C4CC4)nn3)CC2)n1. The number of ether oxygens (including phenoxy) is 2. The zero-order valence-corrected chi connectivity index (χ0v) is 14.5. The van der Waals surface area contributed by atoms with E-state index in [-0.39, 0.29) is 0 Å². The molecule has 132 valence electrons. The first-order chi connectivity index (χ1) is 12.3. The summed E-state index contributed by atoms with van der Waals surface area (Å²) in [5.41, 5.74) is 1.10. The summed E-state index contributed by atoms with van der Waals surface area (Å²) in [4.78, 5) is 10.9. The first-order valence-corrected chi connectivity index (χ1v) is 8.90. The minimum absolute atomic E-state index is 0.520. The van der Waals surface area contributed by atoms with Crippen LogP contribution in [-0.4, -0.2) is 47.0 Å². The van der Waals surface area contributed by atoms with Crippen LogP contribution >= 0.6 is 0 Å². The summed E-state index contributed by atoms with van der Waals surface area (Å²) in [5, 5.41) is 8.45. The molecule has 0 N–H and O–H groups in total. The standard InChI is InChI=1S/C18H23N5O2/c1-24-16-6-9-19-18(20-16)23-10-7-13(8-11-23)12-25-17-5-4-15(21-22-17)14-2-3-14/h4-6,9,13-14H,2-3,7-8,10-12H2,1H3. The molecule has 1 aliphatic carbocycles. The number of hydrogen-bond acceptors (Lipinski definition) is 7. The van der Waals surface area contributed by atoms with Gasteiger partial charge in [-0.25, -0.2) is 4.98 Å². The van der Waals surface area contributed by atoms with E-state index in [2.05, 4.69) is 25.1 Å². The molecule has 0 bridgehead atoms. The topological polar surface area (TPSA) is 73.3 Å². The molecule has 4 rings (SSSR count). The van der Waals surface area contributed by atoms with Crippen molar-refractivity contribution in [1.29, 1.82) is 0 Å². The van der Waals surface area contributed by atoms with Crippen LogP contribution in [-0.2, 0) is 0 Å². The molecule has 2 fully saturated rings. The van der Waals surface area contributed by atoms with E-state index in [1.165, 1.54) is 12.8 Å². The van der Waals surface area contributed by atoms with E-state index in [4.69, 9.17) is 9.47 Å². The second-order valence-corrected chi connectivity index (χ2v) is 6.71. The van der Waals surface area contributed by atoms with Gasteiger partial charge in [0.25, 0.3) is 0 Å². The van der Waals surface area contributed by atoms with E-state index in [0.717, 1.165) is 37.6 Å². The minimum atomic E-state index is 0.520. The fourth-order valence-corrected chi connectivity index (χ4v) is 3.11. The summed E-state index contributed by atoms with van der Waals surface area (Å²) in [7, 11) is 1.62. The molecule has 0 amide bonds. The van der Waals surface area contributed by atoms with Gasteiger partial charge in [-0.05, 0) is 37.7 Å². The highest BCUT2D eigenvalue weighted by Crippen LogP contribution is 2.38. The van der Waals surface area contributed by atoms with Gasteiger partial charge in [-0.3, -0.25) is 0 Å². The van der Waals surface area contributed by atoms with Crippen LogP contribution < -0.4 is 14.4 Å². The molecule has 3 heterocycles. The average molecular weight is 341 g/mol. The lowest BCUT2D eigenvalue weighted by Gasteiger charge is -2.31. The molecule has 0 spiro atoms. The van der Waals surface area contributed by atoms with Crippen molar-refractivity contribution < 1.29 is 9.47 Å². The van der Waals surface area contributed by atoms with Gasteiger partial charge in [0.1, 0.15) is 0 Å². The Kier molecular flexibility index (Phi) is 4.63. The lowest BCUT2D eigenvalue weighted by molar-refractivity contribution is 0.213. The Morgan fingerprint density at radius 1 is 1.04 bits per heavy atom. The smallest absolute Gasteiger partial charge is 0.233 e. The summed E-state index contributed by atoms with van der Waals surface area (Å²) in [6.45, 7) is 2.53. The lowest BCUT2D eigenvalue weighted by Crippen LogP contribution is -2.36. The van der Waals surface area contributed by atoms with Crippen molar-refractivity contribution in [3.05, 3.63) is 30.1 Å². The predicted octanol–water partition coefficient (Wildman–Crippen LogP) is 2.45. The molecular weight excluding hydrogens is 318 g/mol. The Balaban J connectivity index is 1.25. The van der Waals surface area contributed by atoms with Crippen LogP contribution in [0.1, 0.15) is 37.3 Å². The summed E-state index contributed by atoms with van der Waals surface area (Å²) >= 11 is 0. The average Bonchev–Trinajstić information content (AvgIpc) is 3.52. The van der Waals surface area contributed by atoms with Crippen LogP contribution in [0.3, 0.4) is 0 Å². The second kappa shape index (κ2) is 7.21. The van der Waals surface area contributed by atoms with E-state index in [1.807, 2.05) is 12.1 Å². The number of methoxy groups -OCH3 is 1. The van der Waals surface area contributed by atoms with Crippen LogP contribution in [0, 0.1) is 5.92 Å². The number of piperidine rings is 1. The molecule has 0 atom stereocenters. The highest BCUT2D eigenvalue weighted by molar-refractivity contribution is 5.32. The lowest BCUT2D eigenvalue weighted by atomic mass is 9.98. The van der Waals surface area contributed by atoms with Crippen molar-refractivity contribution in [3.63, 3.8) is 0 Å². The van der Waals surface area contributed by atoms with Crippen LogP contribution in [0.15, 0.2) is 24.4 Å². The van der Waals surface area contributed by atoms with E-state index < -0.39 is 0 Å². The highest BCUT2D eigenvalue weighted by Gasteiger charge is 2.25. The van der Waals surface area contributed by atoms with Gasteiger partial charge in [-0.15, -0.1) is 5.10 Å². The van der Waals surface area contributed by atoms with Crippen molar-refractivity contribution in [2.75, 3.05) is 31.7 Å². The first kappa shape index (κ1) is 16.1. The number of rotatable bonds is 6. The molecule has 2 aromatic rings. The summed E-state index contributed by atoms with van der Waals surface area (Å²) in [6, 6.07) is 5.75. The van der Waals surface area contributed by atoms with Crippen molar-refractivity contribution in [2.45, 2.75) is 31.6 Å². The number of aromatic nitrogens is 4. The number of anilines is 1. The molecule has 7 heteroatoms. The Morgan fingerprint density at radius 3 is 2.56 bits per heavy atom. The summed E-state index contributed by atoms with van der Waals surface area (Å²) < 4.78 is 11.0. The molecule has 0 unspecified atom stereocenters. The normalized spacial score (nSPS) is 18.2. The maximum Gasteiger partial charge on any atom is 0.233 e. The Bertz CT molecular complexity index is 697. The summed E-state index contributed by atoms with van der Waals surface area (Å²) in [6.07, 6.45) is 6.32. The van der Waals surface area contributed by atoms with Gasteiger partial charge in [-0.1, -0.05) is 0 Å². The maximum atomic E-state index is 5.83. The van der Waals surface area contributed by atoms with Crippen molar-refractivity contribution in [2.24, 2.45) is 5.92 Å². The largest absolute Gasteiger partial charge is 0.481 e. The van der Waals surface area contributed by atoms with Crippen LogP contribution in [0.25, 0.3) is 0 Å². The highest BCUT2D eigenvalue weighted by atomic mass is 16.5. The molecule has 0 aromatic carbocycles. The molecule has 0 radical (unpaired) electrons. The third-order valence-electron chi connectivity index (χ3n) is 4.85. The Hall–Kier alpha value is -2.44. The van der Waals surface area contributed by atoms with Gasteiger partial charge in [0.05, 0.1) is 19.4 Å². The van der Waals surface area contributed by atoms with Crippen molar-refractivity contribution in [1.82, 2.24) is 20.2 Å². The van der Waals surface area contributed by atoms with Gasteiger partial charge < -0.3 is 14.4 Å². The van der Waals surface area contributed by atoms with Crippen LogP contribution in [0.5, 0.6) is 11.8 Å². The number of nitrogens with zero attached hydrogens (tertiary/aromatic N) is 5. The monoisotopic (exact) mass is 341 g/mol. The molecule has 25 heavy (non-hydrogen) atoms. The molecule has 2 aromatic heterocycles. The van der Waals surface area contributed by atoms with Gasteiger partial charge in [-0.2, -0.15) is 10.1 Å². The Morgan fingerprint density at radius 2 is 1.88 bits per heavy atom. The molecule has 2 aliphatic rings. The molecule has 1 aliphatic heterocycles. The van der Waals surface area contributed by atoms with E-state index in [1.54, 1.807) is 19.4 Å². The number of hydrogen-bond donors (Lipinski definition) is 0. The second-order valence-electron chi connectivity index (χ2n) is 6.71. The van der Waals surface area contributed by atoms with Crippen LogP contribution in [0.2, 0.25) is 0 Å². The van der Waals surface area contributed by atoms with Gasteiger partial charge in [0.2, 0.25) is 17.7 Å². The fourth-order valence-electron chi connectivity index (χ4n) is 3.11. The molecule has 1 saturated heterocycles. The maximum absolute atomic E-state index is 5.83. The zero-order chi connectivity index (χ0) is 17.1. The third-order valence-corrected chi connectivity index (χ3v) is 4.85. The molecule has 1 saturated carbocycles. The quantitative estimate of drug-likeness (QED) is 0.799.